The molecule has 0 bridgehead atoms. The summed E-state index contributed by atoms with van der Waals surface area (Å²) in [5.41, 5.74) is 3.53. The van der Waals surface area contributed by atoms with Crippen LogP contribution < -0.4 is 11.1 Å². The molecule has 0 radical (unpaired) electrons. The van der Waals surface area contributed by atoms with E-state index in [-0.39, 0.29) is 31.1 Å². The van der Waals surface area contributed by atoms with Gasteiger partial charge in [0.25, 0.3) is 0 Å². The second kappa shape index (κ2) is 9.52. The zero-order chi connectivity index (χ0) is 22.6. The fourth-order valence-corrected chi connectivity index (χ4v) is 4.01. The van der Waals surface area contributed by atoms with E-state index in [2.05, 4.69) is 5.32 Å². The van der Waals surface area contributed by atoms with E-state index >= 15 is 0 Å². The van der Waals surface area contributed by atoms with Crippen LogP contribution in [0.1, 0.15) is 52.4 Å². The molecule has 5 N–H and O–H groups in total. The zero-order valence-corrected chi connectivity index (χ0v) is 17.3. The lowest BCUT2D eigenvalue weighted by Gasteiger charge is -2.30. The first kappa shape index (κ1) is 23.7. The number of carboxylic acid groups (broad SMARTS) is 1. The minimum Gasteiger partial charge on any atom is -0.478 e. The van der Waals surface area contributed by atoms with E-state index < -0.39 is 41.6 Å². The number of amides is 3. The van der Waals surface area contributed by atoms with E-state index in [1.165, 1.54) is 23.6 Å². The third-order valence-electron chi connectivity index (χ3n) is 5.80. The predicted molar refractivity (Wildman–Crippen MR) is 104 cm³/mol. The standard InChI is InChI=1S/C19H30N4O7/c1-3-19(30,18(28)29)21-16(26)14-7-5-9-23(14)17(27)12(20)10-15(25)13-6-4-8-22(13)11(2)24/h12-14,30H,3-10,20H2,1-2H3,(H,21,26)(H,28,29)/t12-,13-,14-,19?/m0/s1. The molecule has 2 rings (SSSR count). The van der Waals surface area contributed by atoms with Crippen molar-refractivity contribution in [2.75, 3.05) is 13.1 Å². The summed E-state index contributed by atoms with van der Waals surface area (Å²) in [5.74, 6) is -3.48. The fraction of sp³-hybridized carbons (Fsp3) is 0.737. The van der Waals surface area contributed by atoms with Gasteiger partial charge in [0.1, 0.15) is 6.04 Å². The third kappa shape index (κ3) is 4.96. The maximum Gasteiger partial charge on any atom is 0.357 e. The SMILES string of the molecule is CCC(O)(NC(=O)[C@@H]1CCCN1C(=O)[C@@H](N)CC(=O)[C@@H]1CCCN1C(C)=O)C(=O)O. The van der Waals surface area contributed by atoms with Crippen LogP contribution in [0.15, 0.2) is 0 Å². The molecule has 1 unspecified atom stereocenters. The molecule has 0 spiro atoms. The molecule has 0 aromatic carbocycles. The number of hydrogen-bond donors (Lipinski definition) is 4. The molecule has 2 aliphatic rings. The van der Waals surface area contributed by atoms with Gasteiger partial charge >= 0.3 is 5.97 Å². The van der Waals surface area contributed by atoms with E-state index in [4.69, 9.17) is 10.8 Å². The molecular formula is C19H30N4O7. The number of nitrogens with two attached hydrogens (primary N) is 1. The van der Waals surface area contributed by atoms with Crippen molar-refractivity contribution in [3.8, 4) is 0 Å². The molecule has 0 aromatic rings. The Bertz CT molecular complexity index is 728. The van der Waals surface area contributed by atoms with Crippen molar-refractivity contribution in [2.45, 2.75) is 76.2 Å². The van der Waals surface area contributed by atoms with Crippen LogP contribution in [0.4, 0.5) is 0 Å². The number of aliphatic carboxylic acids is 1. The van der Waals surface area contributed by atoms with Gasteiger partial charge in [-0.1, -0.05) is 6.92 Å². The van der Waals surface area contributed by atoms with Gasteiger partial charge in [-0.3, -0.25) is 19.2 Å². The number of nitrogens with zero attached hydrogens (tertiary/aromatic N) is 2. The topological polar surface area (TPSA) is 170 Å². The van der Waals surface area contributed by atoms with E-state index in [0.29, 0.717) is 32.2 Å². The van der Waals surface area contributed by atoms with Crippen molar-refractivity contribution >= 4 is 29.5 Å². The Morgan fingerprint density at radius 3 is 2.20 bits per heavy atom. The van der Waals surface area contributed by atoms with E-state index in [1.807, 2.05) is 0 Å². The quantitative estimate of drug-likeness (QED) is 0.342. The lowest BCUT2D eigenvalue weighted by molar-refractivity contribution is -0.167. The summed E-state index contributed by atoms with van der Waals surface area (Å²) in [6, 6.07) is -2.74. The van der Waals surface area contributed by atoms with Crippen molar-refractivity contribution in [1.82, 2.24) is 15.1 Å². The van der Waals surface area contributed by atoms with Gasteiger partial charge in [-0.15, -0.1) is 0 Å². The summed E-state index contributed by atoms with van der Waals surface area (Å²) < 4.78 is 0. The molecule has 2 aliphatic heterocycles. The Labute approximate surface area is 174 Å². The molecule has 168 valence electrons. The Kier molecular flexibility index (Phi) is 7.54. The number of hydrogen-bond acceptors (Lipinski definition) is 7. The van der Waals surface area contributed by atoms with Gasteiger partial charge in [0.15, 0.2) is 5.78 Å². The van der Waals surface area contributed by atoms with Crippen molar-refractivity contribution in [3.05, 3.63) is 0 Å². The molecule has 30 heavy (non-hydrogen) atoms. The molecule has 0 aliphatic carbocycles. The van der Waals surface area contributed by atoms with Crippen LogP contribution >= 0.6 is 0 Å². The number of carbonyl (C=O) groups is 5. The maximum absolute atomic E-state index is 12.8. The lowest BCUT2D eigenvalue weighted by Crippen LogP contribution is -2.59. The first-order valence-corrected chi connectivity index (χ1v) is 10.2. The monoisotopic (exact) mass is 426 g/mol. The number of ketones is 1. The highest BCUT2D eigenvalue weighted by atomic mass is 16.4. The number of Topliss-reactive ketones (excluding diaryl/α,β-unsaturated/α-hetero) is 1. The van der Waals surface area contributed by atoms with Crippen LogP contribution in [-0.4, -0.2) is 86.4 Å². The van der Waals surface area contributed by atoms with Crippen LogP contribution in [-0.2, 0) is 24.0 Å². The lowest BCUT2D eigenvalue weighted by atomic mass is 10.0. The largest absolute Gasteiger partial charge is 0.478 e. The van der Waals surface area contributed by atoms with Crippen LogP contribution in [0.2, 0.25) is 0 Å². The second-order valence-electron chi connectivity index (χ2n) is 7.85. The second-order valence-corrected chi connectivity index (χ2v) is 7.85. The molecule has 11 heteroatoms. The van der Waals surface area contributed by atoms with Crippen molar-refractivity contribution in [1.29, 1.82) is 0 Å². The molecule has 2 heterocycles. The van der Waals surface area contributed by atoms with Gasteiger partial charge in [0, 0.05) is 32.9 Å². The van der Waals surface area contributed by atoms with Gasteiger partial charge < -0.3 is 31.1 Å². The average Bonchev–Trinajstić information content (AvgIpc) is 3.36. The maximum atomic E-state index is 12.8. The van der Waals surface area contributed by atoms with Crippen LogP contribution in [0.3, 0.4) is 0 Å². The van der Waals surface area contributed by atoms with Gasteiger partial charge in [0.2, 0.25) is 23.4 Å². The minimum atomic E-state index is -2.43. The molecule has 11 nitrogen and oxygen atoms in total. The van der Waals surface area contributed by atoms with Gasteiger partial charge in [0.05, 0.1) is 12.1 Å². The van der Waals surface area contributed by atoms with Gasteiger partial charge in [-0.25, -0.2) is 4.79 Å². The van der Waals surface area contributed by atoms with Crippen LogP contribution in [0.5, 0.6) is 0 Å². The van der Waals surface area contributed by atoms with Gasteiger partial charge in [-0.05, 0) is 25.7 Å². The Morgan fingerprint density at radius 2 is 1.67 bits per heavy atom. The van der Waals surface area contributed by atoms with Gasteiger partial charge in [-0.2, -0.15) is 0 Å². The van der Waals surface area contributed by atoms with Crippen molar-refractivity contribution in [3.63, 3.8) is 0 Å². The van der Waals surface area contributed by atoms with E-state index in [9.17, 15) is 29.1 Å². The summed E-state index contributed by atoms with van der Waals surface area (Å²) >= 11 is 0. The van der Waals surface area contributed by atoms with Crippen molar-refractivity contribution in [2.24, 2.45) is 5.73 Å². The first-order valence-electron chi connectivity index (χ1n) is 10.2. The highest BCUT2D eigenvalue weighted by Gasteiger charge is 2.43. The summed E-state index contributed by atoms with van der Waals surface area (Å²) in [6.45, 7) is 3.52. The zero-order valence-electron chi connectivity index (χ0n) is 17.3. The highest BCUT2D eigenvalue weighted by Crippen LogP contribution is 2.22. The molecule has 0 aromatic heterocycles. The summed E-state index contributed by atoms with van der Waals surface area (Å²) in [5, 5.41) is 21.2. The number of rotatable bonds is 8. The molecule has 3 amide bonds. The minimum absolute atomic E-state index is 0.205. The summed E-state index contributed by atoms with van der Waals surface area (Å²) in [4.78, 5) is 63.5. The summed E-state index contributed by atoms with van der Waals surface area (Å²) in [6.07, 6.45) is 1.51. The van der Waals surface area contributed by atoms with E-state index in [0.717, 1.165) is 0 Å². The number of aliphatic hydroxyl groups is 1. The molecule has 0 saturated carbocycles. The first-order chi connectivity index (χ1) is 14.0. The Hall–Kier alpha value is -2.53. The Balaban J connectivity index is 2.02. The number of carboxylic acids is 1. The molecular weight excluding hydrogens is 396 g/mol. The third-order valence-corrected chi connectivity index (χ3v) is 5.80. The molecule has 2 fully saturated rings. The predicted octanol–water partition coefficient (Wildman–Crippen LogP) is -1.43. The number of likely N-dealkylation sites (tertiary alicyclic amines) is 2. The number of carbonyl (C=O) groups excluding carboxylic acids is 4. The van der Waals surface area contributed by atoms with Crippen molar-refractivity contribution < 1.29 is 34.2 Å². The smallest absolute Gasteiger partial charge is 0.357 e. The van der Waals surface area contributed by atoms with Crippen LogP contribution in [0.25, 0.3) is 0 Å². The number of nitrogens with one attached hydrogen (secondary N) is 1. The molecule has 2 saturated heterocycles. The highest BCUT2D eigenvalue weighted by molar-refractivity contribution is 5.96. The molecule has 4 atom stereocenters. The Morgan fingerprint density at radius 1 is 1.10 bits per heavy atom. The summed E-state index contributed by atoms with van der Waals surface area (Å²) in [7, 11) is 0. The fourth-order valence-electron chi connectivity index (χ4n) is 4.01. The normalized spacial score (nSPS) is 24.3. The van der Waals surface area contributed by atoms with Crippen LogP contribution in [0, 0.1) is 0 Å². The average molecular weight is 426 g/mol. The van der Waals surface area contributed by atoms with E-state index in [1.54, 1.807) is 0 Å².